The lowest BCUT2D eigenvalue weighted by Crippen LogP contribution is -2.51. The first-order valence-electron chi connectivity index (χ1n) is 6.73. The number of nitro groups is 6. The second-order valence-electron chi connectivity index (χ2n) is 4.92. The first-order valence-corrected chi connectivity index (χ1v) is 6.73. The Balaban J connectivity index is 5.71. The maximum atomic E-state index is 13.6. The molecule has 0 N–H and O–H groups in total. The minimum absolute atomic E-state index is 2.20. The van der Waals surface area contributed by atoms with Gasteiger partial charge in [-0.25, -0.2) is 0 Å². The molecule has 0 saturated carbocycles. The Morgan fingerprint density at radius 3 is 0.806 bits per heavy atom. The van der Waals surface area contributed by atoms with E-state index in [0.717, 1.165) is 0 Å². The van der Waals surface area contributed by atoms with Crippen LogP contribution in [0, 0.1) is 60.7 Å². The summed E-state index contributed by atoms with van der Waals surface area (Å²) in [6, 6.07) is 0. The van der Waals surface area contributed by atoms with Crippen molar-refractivity contribution in [1.29, 1.82) is 0 Å². The molecule has 0 aromatic rings. The molecule has 0 amide bonds. The van der Waals surface area contributed by atoms with E-state index in [4.69, 9.17) is 0 Å². The average molecular weight is 472 g/mol. The van der Waals surface area contributed by atoms with E-state index < -0.39 is 73.6 Å². The Morgan fingerprint density at radius 2 is 0.677 bits per heavy atom. The largest absolute Gasteiger partial charge is 0.637 e. The molecule has 21 nitrogen and oxygen atoms in total. The van der Waals surface area contributed by atoms with Gasteiger partial charge in [0, 0.05) is 0 Å². The zero-order chi connectivity index (χ0) is 24.8. The third-order valence-corrected chi connectivity index (χ3v) is 2.89. The molecule has 0 radical (unpaired) electrons. The highest BCUT2D eigenvalue weighted by atomic mass is 19.2. The van der Waals surface area contributed by atoms with Gasteiger partial charge < -0.3 is 14.2 Å². The quantitative estimate of drug-likeness (QED) is 0.118. The van der Waals surface area contributed by atoms with Gasteiger partial charge in [0.05, 0.1) is 0 Å². The third kappa shape index (κ3) is 6.02. The Morgan fingerprint density at radius 1 is 0.516 bits per heavy atom. The Bertz CT molecular complexity index is 636. The summed E-state index contributed by atoms with van der Waals surface area (Å²) in [6.45, 7) is -10.3. The van der Waals surface area contributed by atoms with Crippen molar-refractivity contribution in [3.8, 4) is 0 Å². The predicted octanol–water partition coefficient (Wildman–Crippen LogP) is -1.15. The maximum Gasteiger partial charge on any atom is 0.637 e. The number of nitrogens with zero attached hydrogens (tertiary/aromatic N) is 6. The van der Waals surface area contributed by atoms with Crippen LogP contribution < -0.4 is 0 Å². The molecule has 0 atom stereocenters. The third-order valence-electron chi connectivity index (χ3n) is 2.89. The van der Waals surface area contributed by atoms with Crippen LogP contribution in [-0.4, -0.2) is 73.6 Å². The van der Waals surface area contributed by atoms with Crippen molar-refractivity contribution in [1.82, 2.24) is 0 Å². The standard InChI is InChI=1S/C7H7F3N6O15/c8-5(11(17)18,12(19)20)1-29-4(30-2-6(9,13(21)22)14(23)24)31-3-7(10,15(25)26)16(27)28/h4H,1-3H2. The SMILES string of the molecule is O=[N+]([O-])C(F)(COC(OCC(F)([N+](=O)[O-])[N+](=O)[O-])OCC(F)([N+](=O)[O-])[N+](=O)[O-])[N+](=O)[O-]. The van der Waals surface area contributed by atoms with Gasteiger partial charge in [0.2, 0.25) is 19.8 Å². The molecule has 24 heteroatoms. The highest BCUT2D eigenvalue weighted by Crippen LogP contribution is 2.20. The molecular formula is C7H7F3N6O15. The highest BCUT2D eigenvalue weighted by molar-refractivity contribution is 4.55. The average Bonchev–Trinajstić information content (AvgIpc) is 2.65. The Labute approximate surface area is 163 Å². The molecule has 0 aromatic carbocycles. The number of hydrogen-bond acceptors (Lipinski definition) is 15. The minimum Gasteiger partial charge on any atom is -0.310 e. The second-order valence-corrected chi connectivity index (χ2v) is 4.92. The zero-order valence-corrected chi connectivity index (χ0v) is 14.1. The fourth-order valence-electron chi connectivity index (χ4n) is 1.18. The van der Waals surface area contributed by atoms with Gasteiger partial charge in [-0.05, 0) is 0 Å². The number of rotatable bonds is 15. The van der Waals surface area contributed by atoms with Crippen molar-refractivity contribution in [2.75, 3.05) is 19.8 Å². The van der Waals surface area contributed by atoms with Gasteiger partial charge in [0.1, 0.15) is 29.5 Å². The van der Waals surface area contributed by atoms with Gasteiger partial charge in [-0.1, -0.05) is 13.2 Å². The molecule has 0 fully saturated rings. The van der Waals surface area contributed by atoms with Crippen LogP contribution in [0.2, 0.25) is 0 Å². The number of ether oxygens (including phenoxy) is 3. The van der Waals surface area contributed by atoms with Crippen LogP contribution >= 0.6 is 0 Å². The number of halogens is 3. The van der Waals surface area contributed by atoms with Crippen molar-refractivity contribution in [2.45, 2.75) is 24.2 Å². The maximum absolute atomic E-state index is 13.6. The lowest BCUT2D eigenvalue weighted by molar-refractivity contribution is -0.839. The summed E-state index contributed by atoms with van der Waals surface area (Å²) in [5, 5.41) is 62.5. The molecule has 0 heterocycles. The van der Waals surface area contributed by atoms with Gasteiger partial charge in [-0.3, -0.25) is 60.7 Å². The van der Waals surface area contributed by atoms with Crippen LogP contribution in [0.3, 0.4) is 0 Å². The lowest BCUT2D eigenvalue weighted by atomic mass is 10.5. The van der Waals surface area contributed by atoms with E-state index in [1.165, 1.54) is 0 Å². The van der Waals surface area contributed by atoms with E-state index in [2.05, 4.69) is 14.2 Å². The van der Waals surface area contributed by atoms with Crippen LogP contribution in [0.25, 0.3) is 0 Å². The molecule has 176 valence electrons. The van der Waals surface area contributed by atoms with E-state index in [1.807, 2.05) is 0 Å². The second kappa shape index (κ2) is 9.71. The van der Waals surface area contributed by atoms with Crippen molar-refractivity contribution >= 4 is 0 Å². The Hall–Kier alpha value is -3.93. The molecule has 31 heavy (non-hydrogen) atoms. The monoisotopic (exact) mass is 472 g/mol. The molecule has 0 aliphatic rings. The molecule has 0 saturated heterocycles. The van der Waals surface area contributed by atoms with Gasteiger partial charge in [0.15, 0.2) is 0 Å². The van der Waals surface area contributed by atoms with Crippen LogP contribution in [0.5, 0.6) is 0 Å². The first-order chi connectivity index (χ1) is 13.9. The fraction of sp³-hybridized carbons (Fsp3) is 1.00. The Kier molecular flexibility index (Phi) is 8.48. The van der Waals surface area contributed by atoms with Crippen molar-refractivity contribution in [3.05, 3.63) is 60.7 Å². The lowest BCUT2D eigenvalue weighted by Gasteiger charge is -2.19. The van der Waals surface area contributed by atoms with Gasteiger partial charge in [-0.2, -0.15) is 0 Å². The summed E-state index contributed by atoms with van der Waals surface area (Å²) in [4.78, 5) is 49.3. The molecule has 0 rings (SSSR count). The van der Waals surface area contributed by atoms with Crippen LogP contribution in [-0.2, 0) is 14.2 Å². The van der Waals surface area contributed by atoms with Gasteiger partial charge in [-0.15, -0.1) is 0 Å². The first kappa shape index (κ1) is 27.1. The molecule has 0 spiro atoms. The molecular weight excluding hydrogens is 465 g/mol. The van der Waals surface area contributed by atoms with Crippen molar-refractivity contribution < 1.29 is 56.9 Å². The van der Waals surface area contributed by atoms with Crippen molar-refractivity contribution in [2.24, 2.45) is 0 Å². The molecule has 0 bridgehead atoms. The summed E-state index contributed by atoms with van der Waals surface area (Å²) in [5.74, 6) is -14.1. The topological polar surface area (TPSA) is 287 Å². The van der Waals surface area contributed by atoms with E-state index >= 15 is 0 Å². The summed E-state index contributed by atoms with van der Waals surface area (Å²) in [6.07, 6.45) is 0. The van der Waals surface area contributed by atoms with Crippen LogP contribution in [0.4, 0.5) is 13.2 Å². The molecule has 0 unspecified atom stereocenters. The normalized spacial score (nSPS) is 12.4. The number of hydrogen-bond donors (Lipinski definition) is 0. The fourth-order valence-corrected chi connectivity index (χ4v) is 1.18. The molecule has 0 aliphatic heterocycles. The summed E-state index contributed by atoms with van der Waals surface area (Å²) >= 11 is 0. The predicted molar refractivity (Wildman–Crippen MR) is 75.1 cm³/mol. The van der Waals surface area contributed by atoms with Gasteiger partial charge >= 0.3 is 17.7 Å². The highest BCUT2D eigenvalue weighted by Gasteiger charge is 2.62. The van der Waals surface area contributed by atoms with Crippen LogP contribution in [0.1, 0.15) is 0 Å². The number of alkyl halides is 3. The minimum atomic E-state index is -4.71. The molecule has 0 aliphatic carbocycles. The van der Waals surface area contributed by atoms with E-state index in [0.29, 0.717) is 0 Å². The van der Waals surface area contributed by atoms with Crippen LogP contribution in [0.15, 0.2) is 0 Å². The smallest absolute Gasteiger partial charge is 0.310 e. The van der Waals surface area contributed by atoms with E-state index in [1.54, 1.807) is 0 Å². The summed E-state index contributed by atoms with van der Waals surface area (Å²) in [7, 11) is 0. The van der Waals surface area contributed by atoms with E-state index in [9.17, 15) is 73.9 Å². The summed E-state index contributed by atoms with van der Waals surface area (Å²) in [5.41, 5.74) is 0. The van der Waals surface area contributed by atoms with Crippen molar-refractivity contribution in [3.63, 3.8) is 0 Å². The van der Waals surface area contributed by atoms with Gasteiger partial charge in [0.25, 0.3) is 6.48 Å². The zero-order valence-electron chi connectivity index (χ0n) is 14.1. The van der Waals surface area contributed by atoms with E-state index in [-0.39, 0.29) is 0 Å². The summed E-state index contributed by atoms with van der Waals surface area (Å²) < 4.78 is 52.7. The molecule has 0 aromatic heterocycles.